The maximum atomic E-state index is 11.9. The molecule has 0 spiro atoms. The Balaban J connectivity index is 0.000000784. The standard InChI is InChI=1S/C23H25N5O2.C2H6O2S/c1-6-18(29)10-17-9-14(2)7-8-19(17)26-22-16(4)13-25-23(28-22)27-20-11-21(30-5)24-12-15(20)3;1-5(2,3)4/h6-9,11-13H,1,10H2,2-5H3,(H2,24,25,26,27,28);1-2H3. The molecule has 2 aromatic heterocycles. The minimum absolute atomic E-state index is 0.0347. The minimum Gasteiger partial charge on any atom is -0.481 e. The van der Waals surface area contributed by atoms with Gasteiger partial charge in [-0.25, -0.2) is 18.4 Å². The number of carbonyl (C=O) groups excluding carboxylic acids is 1. The van der Waals surface area contributed by atoms with Crippen molar-refractivity contribution in [3.63, 3.8) is 0 Å². The first-order valence-electron chi connectivity index (χ1n) is 10.7. The SMILES string of the molecule is C=CC(=O)Cc1cc(C)ccc1Nc1nc(Nc2cc(OC)ncc2C)ncc1C.CS(C)(=O)=O. The van der Waals surface area contributed by atoms with Gasteiger partial charge in [0.15, 0.2) is 5.78 Å². The maximum absolute atomic E-state index is 11.9. The lowest BCUT2D eigenvalue weighted by molar-refractivity contribution is -0.114. The van der Waals surface area contributed by atoms with E-state index in [1.807, 2.05) is 39.0 Å². The van der Waals surface area contributed by atoms with Crippen molar-refractivity contribution >= 4 is 38.8 Å². The van der Waals surface area contributed by atoms with Crippen LogP contribution in [0.3, 0.4) is 0 Å². The zero-order valence-corrected chi connectivity index (χ0v) is 21.7. The van der Waals surface area contributed by atoms with E-state index in [-0.39, 0.29) is 12.2 Å². The maximum Gasteiger partial charge on any atom is 0.229 e. The van der Waals surface area contributed by atoms with Gasteiger partial charge in [-0.15, -0.1) is 0 Å². The molecule has 10 heteroatoms. The second-order valence-electron chi connectivity index (χ2n) is 8.17. The first kappa shape index (κ1) is 27.5. The Labute approximate surface area is 206 Å². The molecule has 0 bridgehead atoms. The van der Waals surface area contributed by atoms with E-state index in [1.54, 1.807) is 25.6 Å². The van der Waals surface area contributed by atoms with E-state index >= 15 is 0 Å². The van der Waals surface area contributed by atoms with Crippen molar-refractivity contribution in [3.8, 4) is 5.88 Å². The van der Waals surface area contributed by atoms with E-state index in [1.165, 1.54) is 6.08 Å². The molecule has 0 saturated carbocycles. The number of anilines is 4. The third-order valence-corrected chi connectivity index (χ3v) is 4.61. The van der Waals surface area contributed by atoms with Crippen molar-refractivity contribution in [2.24, 2.45) is 0 Å². The van der Waals surface area contributed by atoms with Crippen LogP contribution in [0.2, 0.25) is 0 Å². The number of benzene rings is 1. The van der Waals surface area contributed by atoms with Crippen LogP contribution in [0.5, 0.6) is 5.88 Å². The predicted molar refractivity (Wildman–Crippen MR) is 140 cm³/mol. The van der Waals surface area contributed by atoms with Gasteiger partial charge in [0.05, 0.1) is 12.8 Å². The Morgan fingerprint density at radius 1 is 1.03 bits per heavy atom. The number of pyridine rings is 1. The average Bonchev–Trinajstić information content (AvgIpc) is 2.78. The van der Waals surface area contributed by atoms with E-state index in [9.17, 15) is 13.2 Å². The van der Waals surface area contributed by atoms with Gasteiger partial charge in [-0.2, -0.15) is 4.98 Å². The second kappa shape index (κ2) is 12.1. The van der Waals surface area contributed by atoms with Crippen molar-refractivity contribution in [1.82, 2.24) is 15.0 Å². The number of hydrogen-bond donors (Lipinski definition) is 2. The van der Waals surface area contributed by atoms with E-state index in [0.29, 0.717) is 17.6 Å². The number of nitrogens with one attached hydrogen (secondary N) is 2. The number of aromatic nitrogens is 3. The fourth-order valence-electron chi connectivity index (χ4n) is 2.88. The summed E-state index contributed by atoms with van der Waals surface area (Å²) in [7, 11) is -1.10. The molecule has 0 atom stereocenters. The summed E-state index contributed by atoms with van der Waals surface area (Å²) in [4.78, 5) is 25.1. The summed E-state index contributed by atoms with van der Waals surface area (Å²) in [6.07, 6.45) is 7.41. The Hall–Kier alpha value is -3.79. The van der Waals surface area contributed by atoms with Gasteiger partial charge in [-0.3, -0.25) is 4.79 Å². The van der Waals surface area contributed by atoms with E-state index in [4.69, 9.17) is 4.74 Å². The average molecular weight is 498 g/mol. The molecule has 9 nitrogen and oxygen atoms in total. The van der Waals surface area contributed by atoms with Crippen molar-refractivity contribution in [2.75, 3.05) is 30.3 Å². The van der Waals surface area contributed by atoms with Crippen LogP contribution in [0, 0.1) is 20.8 Å². The van der Waals surface area contributed by atoms with Gasteiger partial charge >= 0.3 is 0 Å². The molecule has 2 N–H and O–H groups in total. The number of carbonyl (C=O) groups is 1. The lowest BCUT2D eigenvalue weighted by Gasteiger charge is -2.15. The largest absolute Gasteiger partial charge is 0.481 e. The molecule has 0 unspecified atom stereocenters. The number of aryl methyl sites for hydroxylation is 3. The molecule has 35 heavy (non-hydrogen) atoms. The van der Waals surface area contributed by atoms with Gasteiger partial charge in [-0.05, 0) is 44.0 Å². The number of hydrogen-bond acceptors (Lipinski definition) is 9. The van der Waals surface area contributed by atoms with Crippen molar-refractivity contribution in [3.05, 3.63) is 71.6 Å². The molecule has 186 valence electrons. The lowest BCUT2D eigenvalue weighted by Crippen LogP contribution is -2.07. The summed E-state index contributed by atoms with van der Waals surface area (Å²) in [5.41, 5.74) is 5.43. The van der Waals surface area contributed by atoms with E-state index in [2.05, 4.69) is 32.2 Å². The monoisotopic (exact) mass is 497 g/mol. The van der Waals surface area contributed by atoms with E-state index < -0.39 is 9.84 Å². The Bertz CT molecular complexity index is 1320. The first-order chi connectivity index (χ1) is 16.4. The van der Waals surface area contributed by atoms with Crippen LogP contribution in [0.15, 0.2) is 49.3 Å². The number of rotatable bonds is 8. The van der Waals surface area contributed by atoms with E-state index in [0.717, 1.165) is 46.1 Å². The molecule has 0 saturated heterocycles. The molecule has 1 aromatic carbocycles. The Morgan fingerprint density at radius 2 is 1.69 bits per heavy atom. The molecule has 0 aliphatic carbocycles. The molecule has 3 rings (SSSR count). The predicted octanol–water partition coefficient (Wildman–Crippen LogP) is 4.25. The number of sulfone groups is 1. The van der Waals surface area contributed by atoms with Crippen LogP contribution < -0.4 is 15.4 Å². The summed E-state index contributed by atoms with van der Waals surface area (Å²) in [5, 5.41) is 6.56. The van der Waals surface area contributed by atoms with Crippen molar-refractivity contribution in [2.45, 2.75) is 27.2 Å². The molecular weight excluding hydrogens is 466 g/mol. The molecule has 0 radical (unpaired) electrons. The van der Waals surface area contributed by atoms with Crippen molar-refractivity contribution < 1.29 is 17.9 Å². The summed E-state index contributed by atoms with van der Waals surface area (Å²) in [6, 6.07) is 7.73. The summed E-state index contributed by atoms with van der Waals surface area (Å²) < 4.78 is 24.5. The fraction of sp³-hybridized carbons (Fsp3) is 0.280. The zero-order valence-electron chi connectivity index (χ0n) is 20.8. The Kier molecular flexibility index (Phi) is 9.47. The highest BCUT2D eigenvalue weighted by Crippen LogP contribution is 2.26. The molecule has 3 aromatic rings. The lowest BCUT2D eigenvalue weighted by atomic mass is 10.0. The van der Waals surface area contributed by atoms with Crippen LogP contribution in [-0.2, 0) is 21.1 Å². The first-order valence-corrected chi connectivity index (χ1v) is 13.0. The third kappa shape index (κ3) is 9.17. The molecule has 0 fully saturated rings. The number of ketones is 1. The van der Waals surface area contributed by atoms with Crippen LogP contribution in [-0.4, -0.2) is 48.8 Å². The van der Waals surface area contributed by atoms with Crippen LogP contribution >= 0.6 is 0 Å². The topological polar surface area (TPSA) is 123 Å². The highest BCUT2D eigenvalue weighted by atomic mass is 32.2. The fourth-order valence-corrected chi connectivity index (χ4v) is 2.88. The second-order valence-corrected chi connectivity index (χ2v) is 10.5. The van der Waals surface area contributed by atoms with Gasteiger partial charge < -0.3 is 15.4 Å². The van der Waals surface area contributed by atoms with Gasteiger partial charge in [0.2, 0.25) is 11.8 Å². The Morgan fingerprint density at radius 3 is 2.31 bits per heavy atom. The van der Waals surface area contributed by atoms with Crippen LogP contribution in [0.4, 0.5) is 23.1 Å². The highest BCUT2D eigenvalue weighted by Gasteiger charge is 2.11. The van der Waals surface area contributed by atoms with Gasteiger partial charge in [0.25, 0.3) is 0 Å². The summed E-state index contributed by atoms with van der Waals surface area (Å²) in [6.45, 7) is 9.43. The number of allylic oxidation sites excluding steroid dienone is 1. The summed E-state index contributed by atoms with van der Waals surface area (Å²) in [5.74, 6) is 1.56. The zero-order chi connectivity index (χ0) is 26.2. The van der Waals surface area contributed by atoms with Crippen LogP contribution in [0.25, 0.3) is 0 Å². The van der Waals surface area contributed by atoms with Gasteiger partial charge in [0, 0.05) is 48.6 Å². The quantitative estimate of drug-likeness (QED) is 0.440. The molecule has 0 aliphatic rings. The number of methoxy groups -OCH3 is 1. The molecule has 0 amide bonds. The molecule has 0 aliphatic heterocycles. The normalized spacial score (nSPS) is 10.6. The molecule has 2 heterocycles. The van der Waals surface area contributed by atoms with Gasteiger partial charge in [0.1, 0.15) is 15.7 Å². The van der Waals surface area contributed by atoms with Crippen LogP contribution in [0.1, 0.15) is 22.3 Å². The van der Waals surface area contributed by atoms with Crippen molar-refractivity contribution in [1.29, 1.82) is 0 Å². The number of ether oxygens (including phenoxy) is 1. The third-order valence-electron chi connectivity index (χ3n) is 4.61. The number of nitrogens with zero attached hydrogens (tertiary/aromatic N) is 3. The summed E-state index contributed by atoms with van der Waals surface area (Å²) >= 11 is 0. The smallest absolute Gasteiger partial charge is 0.229 e. The van der Waals surface area contributed by atoms with Gasteiger partial charge in [-0.1, -0.05) is 24.3 Å². The molecular formula is C25H31N5O4S. The highest BCUT2D eigenvalue weighted by molar-refractivity contribution is 7.89. The minimum atomic E-state index is -2.67.